The zero-order valence-electron chi connectivity index (χ0n) is 10.0. The molecule has 0 saturated heterocycles. The largest absolute Gasteiger partial charge is 0.383 e. The smallest absolute Gasteiger partial charge is 0.133 e. The molecule has 5 heteroatoms. The van der Waals surface area contributed by atoms with Crippen LogP contribution < -0.4 is 5.73 Å². The average molecular weight is 249 g/mol. The Balaban J connectivity index is 2.07. The van der Waals surface area contributed by atoms with Gasteiger partial charge in [-0.05, 0) is 18.2 Å². The van der Waals surface area contributed by atoms with Crippen LogP contribution >= 0.6 is 0 Å². The van der Waals surface area contributed by atoms with Gasteiger partial charge in [-0.25, -0.2) is 4.98 Å². The number of rotatable bonds is 1. The second-order valence-electron chi connectivity index (χ2n) is 4.47. The molecule has 0 fully saturated rings. The molecule has 0 unspecified atom stereocenters. The molecular weight excluding hydrogens is 238 g/mol. The van der Waals surface area contributed by atoms with E-state index in [1.54, 1.807) is 6.20 Å². The van der Waals surface area contributed by atoms with Crippen LogP contribution in [0.15, 0.2) is 42.7 Å². The zero-order chi connectivity index (χ0) is 12.8. The Morgan fingerprint density at radius 2 is 2.00 bits per heavy atom. The molecule has 5 nitrogen and oxygen atoms in total. The van der Waals surface area contributed by atoms with Crippen molar-refractivity contribution >= 4 is 27.6 Å². The molecule has 4 aromatic rings. The molecule has 4 N–H and O–H groups in total. The molecular formula is C14H11N5. The summed E-state index contributed by atoms with van der Waals surface area (Å²) in [6.07, 6.45) is 3.61. The van der Waals surface area contributed by atoms with Crippen LogP contribution in [0.1, 0.15) is 0 Å². The SMILES string of the molecule is Nc1nc2cc(-c3ccn[nH]3)ccc2c2[nH]ccc12. The van der Waals surface area contributed by atoms with Crippen LogP contribution in [0.2, 0.25) is 0 Å². The van der Waals surface area contributed by atoms with E-state index >= 15 is 0 Å². The van der Waals surface area contributed by atoms with E-state index in [4.69, 9.17) is 5.73 Å². The Hall–Kier alpha value is -2.82. The van der Waals surface area contributed by atoms with Crippen molar-refractivity contribution in [3.63, 3.8) is 0 Å². The van der Waals surface area contributed by atoms with Gasteiger partial charge in [0.15, 0.2) is 0 Å². The minimum Gasteiger partial charge on any atom is -0.383 e. The predicted molar refractivity (Wildman–Crippen MR) is 75.6 cm³/mol. The number of fused-ring (bicyclic) bond motifs is 3. The summed E-state index contributed by atoms with van der Waals surface area (Å²) in [5, 5.41) is 8.94. The molecule has 4 rings (SSSR count). The predicted octanol–water partition coefficient (Wildman–Crippen LogP) is 2.69. The third-order valence-electron chi connectivity index (χ3n) is 3.34. The van der Waals surface area contributed by atoms with Gasteiger partial charge in [0.2, 0.25) is 0 Å². The first-order valence-electron chi connectivity index (χ1n) is 5.99. The second-order valence-corrected chi connectivity index (χ2v) is 4.47. The summed E-state index contributed by atoms with van der Waals surface area (Å²) in [6, 6.07) is 9.99. The summed E-state index contributed by atoms with van der Waals surface area (Å²) in [5.41, 5.74) is 9.90. The van der Waals surface area contributed by atoms with Crippen molar-refractivity contribution in [2.75, 3.05) is 5.73 Å². The fraction of sp³-hybridized carbons (Fsp3) is 0. The van der Waals surface area contributed by atoms with Gasteiger partial charge in [-0.15, -0.1) is 0 Å². The average Bonchev–Trinajstić information content (AvgIpc) is 3.10. The monoisotopic (exact) mass is 249 g/mol. The summed E-state index contributed by atoms with van der Waals surface area (Å²) in [4.78, 5) is 7.69. The Bertz CT molecular complexity index is 874. The number of benzene rings is 1. The maximum absolute atomic E-state index is 5.98. The molecule has 3 heterocycles. The van der Waals surface area contributed by atoms with E-state index in [9.17, 15) is 0 Å². The van der Waals surface area contributed by atoms with Gasteiger partial charge in [0.1, 0.15) is 5.82 Å². The molecule has 0 aliphatic rings. The summed E-state index contributed by atoms with van der Waals surface area (Å²) in [5.74, 6) is 0.547. The fourth-order valence-corrected chi connectivity index (χ4v) is 2.42. The molecule has 19 heavy (non-hydrogen) atoms. The van der Waals surface area contributed by atoms with Crippen LogP contribution in [0, 0.1) is 0 Å². The molecule has 0 spiro atoms. The number of aromatic nitrogens is 4. The number of hydrogen-bond donors (Lipinski definition) is 3. The first kappa shape index (κ1) is 10.1. The summed E-state index contributed by atoms with van der Waals surface area (Å²) in [6.45, 7) is 0. The number of anilines is 1. The lowest BCUT2D eigenvalue weighted by molar-refractivity contribution is 1.10. The molecule has 0 saturated carbocycles. The number of nitrogen functional groups attached to an aromatic ring is 1. The van der Waals surface area contributed by atoms with Gasteiger partial charge in [-0.2, -0.15) is 5.10 Å². The highest BCUT2D eigenvalue weighted by Crippen LogP contribution is 2.29. The Kier molecular flexibility index (Phi) is 1.91. The Labute approximate surface area is 108 Å². The standard InChI is InChI=1S/C14H11N5/c15-14-10-3-5-16-13(10)9-2-1-8(7-12(9)18-14)11-4-6-17-19-11/h1-7,16H,(H2,15,18)(H,17,19). The zero-order valence-corrected chi connectivity index (χ0v) is 10.0. The molecule has 0 radical (unpaired) electrons. The Morgan fingerprint density at radius 3 is 2.84 bits per heavy atom. The van der Waals surface area contributed by atoms with Crippen LogP contribution in [-0.4, -0.2) is 20.2 Å². The maximum atomic E-state index is 5.98. The number of hydrogen-bond acceptors (Lipinski definition) is 3. The van der Waals surface area contributed by atoms with Crippen molar-refractivity contribution < 1.29 is 0 Å². The van der Waals surface area contributed by atoms with Crippen LogP contribution in [0.4, 0.5) is 5.82 Å². The summed E-state index contributed by atoms with van der Waals surface area (Å²) >= 11 is 0. The van der Waals surface area contributed by atoms with E-state index in [-0.39, 0.29) is 0 Å². The molecule has 0 aliphatic heterocycles. The van der Waals surface area contributed by atoms with Crippen molar-refractivity contribution in [1.29, 1.82) is 0 Å². The van der Waals surface area contributed by atoms with Gasteiger partial charge in [0.25, 0.3) is 0 Å². The van der Waals surface area contributed by atoms with Crippen molar-refractivity contribution in [2.45, 2.75) is 0 Å². The van der Waals surface area contributed by atoms with Crippen molar-refractivity contribution in [3.8, 4) is 11.3 Å². The highest BCUT2D eigenvalue weighted by atomic mass is 15.1. The highest BCUT2D eigenvalue weighted by Gasteiger charge is 2.08. The van der Waals surface area contributed by atoms with E-state index in [0.29, 0.717) is 5.82 Å². The fourth-order valence-electron chi connectivity index (χ4n) is 2.42. The first-order chi connectivity index (χ1) is 9.33. The minimum atomic E-state index is 0.547. The Morgan fingerprint density at radius 1 is 1.05 bits per heavy atom. The lowest BCUT2D eigenvalue weighted by Crippen LogP contribution is -1.92. The van der Waals surface area contributed by atoms with Crippen molar-refractivity contribution in [2.24, 2.45) is 0 Å². The quantitative estimate of drug-likeness (QED) is 0.485. The van der Waals surface area contributed by atoms with Crippen LogP contribution in [-0.2, 0) is 0 Å². The van der Waals surface area contributed by atoms with Gasteiger partial charge in [-0.3, -0.25) is 5.10 Å². The molecule has 0 atom stereocenters. The lowest BCUT2D eigenvalue weighted by atomic mass is 10.1. The first-order valence-corrected chi connectivity index (χ1v) is 5.99. The molecule has 0 aliphatic carbocycles. The van der Waals surface area contributed by atoms with E-state index in [0.717, 1.165) is 33.1 Å². The van der Waals surface area contributed by atoms with E-state index in [1.807, 2.05) is 30.5 Å². The van der Waals surface area contributed by atoms with Gasteiger partial charge < -0.3 is 10.7 Å². The van der Waals surface area contributed by atoms with Crippen LogP contribution in [0.3, 0.4) is 0 Å². The molecule has 92 valence electrons. The van der Waals surface area contributed by atoms with E-state index in [1.165, 1.54) is 0 Å². The van der Waals surface area contributed by atoms with Crippen LogP contribution in [0.25, 0.3) is 33.1 Å². The number of H-pyrrole nitrogens is 2. The second kappa shape index (κ2) is 3.58. The van der Waals surface area contributed by atoms with Crippen LogP contribution in [0.5, 0.6) is 0 Å². The lowest BCUT2D eigenvalue weighted by Gasteiger charge is -2.04. The van der Waals surface area contributed by atoms with E-state index in [2.05, 4.69) is 26.2 Å². The topological polar surface area (TPSA) is 83.4 Å². The number of nitrogens with two attached hydrogens (primary N) is 1. The molecule has 0 bridgehead atoms. The third kappa shape index (κ3) is 1.41. The highest BCUT2D eigenvalue weighted by molar-refractivity contribution is 6.08. The molecule has 0 amide bonds. The maximum Gasteiger partial charge on any atom is 0.133 e. The normalized spacial score (nSPS) is 11.4. The van der Waals surface area contributed by atoms with Gasteiger partial charge in [0, 0.05) is 28.7 Å². The van der Waals surface area contributed by atoms with Crippen molar-refractivity contribution in [3.05, 3.63) is 42.7 Å². The number of pyridine rings is 1. The summed E-state index contributed by atoms with van der Waals surface area (Å²) in [7, 11) is 0. The molecule has 1 aromatic carbocycles. The third-order valence-corrected chi connectivity index (χ3v) is 3.34. The van der Waals surface area contributed by atoms with Crippen molar-refractivity contribution in [1.82, 2.24) is 20.2 Å². The number of nitrogens with one attached hydrogen (secondary N) is 2. The summed E-state index contributed by atoms with van der Waals surface area (Å²) < 4.78 is 0. The molecule has 3 aromatic heterocycles. The minimum absolute atomic E-state index is 0.547. The number of nitrogens with zero attached hydrogens (tertiary/aromatic N) is 2. The van der Waals surface area contributed by atoms with Gasteiger partial charge >= 0.3 is 0 Å². The number of aromatic amines is 2. The van der Waals surface area contributed by atoms with Gasteiger partial charge in [-0.1, -0.05) is 12.1 Å². The van der Waals surface area contributed by atoms with E-state index < -0.39 is 0 Å². The van der Waals surface area contributed by atoms with Gasteiger partial charge in [0.05, 0.1) is 16.7 Å².